The van der Waals surface area contributed by atoms with Gasteiger partial charge >= 0.3 is 0 Å². The van der Waals surface area contributed by atoms with E-state index in [9.17, 15) is 0 Å². The van der Waals surface area contributed by atoms with Crippen molar-refractivity contribution in [3.05, 3.63) is 22.4 Å². The van der Waals surface area contributed by atoms with Gasteiger partial charge in [-0.1, -0.05) is 19.1 Å². The zero-order valence-corrected chi connectivity index (χ0v) is 10.2. The van der Waals surface area contributed by atoms with Crippen LogP contribution in [0, 0.1) is 0 Å². The summed E-state index contributed by atoms with van der Waals surface area (Å²) in [6.07, 6.45) is 0.968. The monoisotopic (exact) mass is 228 g/mol. The lowest BCUT2D eigenvalue weighted by molar-refractivity contribution is 0.284. The molecule has 0 bridgehead atoms. The minimum atomic E-state index is 0.213. The zero-order chi connectivity index (χ0) is 10.6. The van der Waals surface area contributed by atoms with E-state index >= 15 is 0 Å². The fourth-order valence-corrected chi connectivity index (χ4v) is 2.52. The summed E-state index contributed by atoms with van der Waals surface area (Å²) in [6, 6.07) is 2.35. The molecular weight excluding hydrogens is 212 g/mol. The third kappa shape index (κ3) is 3.04. The van der Waals surface area contributed by atoms with Gasteiger partial charge in [-0.3, -0.25) is 4.90 Å². The number of hydrogen-bond donors (Lipinski definition) is 1. The van der Waals surface area contributed by atoms with Gasteiger partial charge in [0.1, 0.15) is 0 Å². The first-order chi connectivity index (χ1) is 6.65. The quantitative estimate of drug-likeness (QED) is 0.784. The Labute approximate surface area is 94.7 Å². The van der Waals surface area contributed by atoms with Gasteiger partial charge < -0.3 is 5.73 Å². The second kappa shape index (κ2) is 5.44. The molecule has 0 amide bonds. The van der Waals surface area contributed by atoms with E-state index in [-0.39, 0.29) is 6.04 Å². The van der Waals surface area contributed by atoms with Crippen LogP contribution in [-0.2, 0) is 6.54 Å². The van der Waals surface area contributed by atoms with E-state index in [4.69, 9.17) is 18.0 Å². The second-order valence-electron chi connectivity index (χ2n) is 3.37. The Bertz CT molecular complexity index is 282. The Kier molecular flexibility index (Phi) is 4.51. The fourth-order valence-electron chi connectivity index (χ4n) is 1.51. The first-order valence-electron chi connectivity index (χ1n) is 4.65. The Morgan fingerprint density at radius 1 is 1.71 bits per heavy atom. The van der Waals surface area contributed by atoms with Crippen molar-refractivity contribution in [2.75, 3.05) is 7.05 Å². The number of thiocarbonyl (C=S) groups is 1. The normalized spacial score (nSPS) is 13.1. The van der Waals surface area contributed by atoms with Crippen LogP contribution in [0.2, 0.25) is 0 Å². The first kappa shape index (κ1) is 11.6. The summed E-state index contributed by atoms with van der Waals surface area (Å²) in [5.41, 5.74) is 7.00. The van der Waals surface area contributed by atoms with Crippen LogP contribution in [0.4, 0.5) is 0 Å². The number of likely N-dealkylation sites (N-methyl/N-ethyl adjacent to an activating group) is 1. The van der Waals surface area contributed by atoms with Crippen LogP contribution in [0.15, 0.2) is 16.8 Å². The van der Waals surface area contributed by atoms with E-state index in [1.54, 1.807) is 11.3 Å². The van der Waals surface area contributed by atoms with Crippen LogP contribution in [0.3, 0.4) is 0 Å². The highest BCUT2D eigenvalue weighted by Crippen LogP contribution is 2.11. The molecule has 0 fully saturated rings. The van der Waals surface area contributed by atoms with Crippen molar-refractivity contribution in [1.82, 2.24) is 4.90 Å². The summed E-state index contributed by atoms with van der Waals surface area (Å²) in [5.74, 6) is 0. The predicted octanol–water partition coefficient (Wildman–Crippen LogP) is 2.24. The van der Waals surface area contributed by atoms with Gasteiger partial charge in [-0.05, 0) is 35.9 Å². The highest BCUT2D eigenvalue weighted by Gasteiger charge is 2.15. The smallest absolute Gasteiger partial charge is 0.0901 e. The topological polar surface area (TPSA) is 29.3 Å². The zero-order valence-electron chi connectivity index (χ0n) is 8.56. The van der Waals surface area contributed by atoms with Crippen molar-refractivity contribution in [3.63, 3.8) is 0 Å². The van der Waals surface area contributed by atoms with Crippen molar-refractivity contribution in [1.29, 1.82) is 0 Å². The molecule has 0 aliphatic rings. The molecule has 1 aromatic heterocycles. The molecular formula is C10H16N2S2. The summed E-state index contributed by atoms with van der Waals surface area (Å²) in [4.78, 5) is 2.79. The molecule has 1 heterocycles. The molecule has 0 aliphatic heterocycles. The Hall–Kier alpha value is -0.450. The van der Waals surface area contributed by atoms with E-state index in [1.165, 1.54) is 5.56 Å². The van der Waals surface area contributed by atoms with Crippen LogP contribution >= 0.6 is 23.6 Å². The summed E-state index contributed by atoms with van der Waals surface area (Å²) in [7, 11) is 2.06. The maximum atomic E-state index is 5.67. The minimum Gasteiger partial charge on any atom is -0.392 e. The molecule has 2 nitrogen and oxygen atoms in total. The molecule has 1 aromatic rings. The Morgan fingerprint density at radius 3 is 2.86 bits per heavy atom. The molecule has 1 rings (SSSR count). The molecule has 0 aromatic carbocycles. The predicted molar refractivity (Wildman–Crippen MR) is 66.7 cm³/mol. The summed E-state index contributed by atoms with van der Waals surface area (Å²) < 4.78 is 0. The van der Waals surface area contributed by atoms with Crippen molar-refractivity contribution in [2.24, 2.45) is 5.73 Å². The average Bonchev–Trinajstić information content (AvgIpc) is 2.57. The van der Waals surface area contributed by atoms with Crippen LogP contribution in [-0.4, -0.2) is 23.0 Å². The van der Waals surface area contributed by atoms with Gasteiger partial charge in [0, 0.05) is 6.54 Å². The lowest BCUT2D eigenvalue weighted by atomic mass is 10.2. The Balaban J connectivity index is 2.56. The minimum absolute atomic E-state index is 0.213. The van der Waals surface area contributed by atoms with E-state index in [0.717, 1.165) is 13.0 Å². The summed E-state index contributed by atoms with van der Waals surface area (Å²) in [5, 5.41) is 4.24. The average molecular weight is 228 g/mol. The molecule has 0 radical (unpaired) electrons. The van der Waals surface area contributed by atoms with E-state index in [2.05, 4.69) is 35.7 Å². The largest absolute Gasteiger partial charge is 0.392 e. The molecule has 1 atom stereocenters. The van der Waals surface area contributed by atoms with Gasteiger partial charge in [0.2, 0.25) is 0 Å². The van der Waals surface area contributed by atoms with E-state index in [1.807, 2.05) is 0 Å². The molecule has 78 valence electrons. The maximum Gasteiger partial charge on any atom is 0.0901 e. The lowest BCUT2D eigenvalue weighted by Gasteiger charge is -2.25. The maximum absolute atomic E-state index is 5.67. The highest BCUT2D eigenvalue weighted by atomic mass is 32.1. The molecule has 4 heteroatoms. The molecule has 0 saturated carbocycles. The van der Waals surface area contributed by atoms with E-state index in [0.29, 0.717) is 4.99 Å². The summed E-state index contributed by atoms with van der Waals surface area (Å²) in [6.45, 7) is 3.02. The highest BCUT2D eigenvalue weighted by molar-refractivity contribution is 7.80. The first-order valence-corrected chi connectivity index (χ1v) is 6.01. The van der Waals surface area contributed by atoms with Gasteiger partial charge in [-0.25, -0.2) is 0 Å². The number of nitrogens with zero attached hydrogens (tertiary/aromatic N) is 1. The molecule has 14 heavy (non-hydrogen) atoms. The van der Waals surface area contributed by atoms with Gasteiger partial charge in [0.15, 0.2) is 0 Å². The third-order valence-corrected chi connectivity index (χ3v) is 3.26. The molecule has 0 spiro atoms. The number of nitrogens with two attached hydrogens (primary N) is 1. The number of thiophene rings is 1. The van der Waals surface area contributed by atoms with Crippen LogP contribution < -0.4 is 5.73 Å². The second-order valence-corrected chi connectivity index (χ2v) is 4.62. The Morgan fingerprint density at radius 2 is 2.43 bits per heavy atom. The van der Waals surface area contributed by atoms with Crippen molar-refractivity contribution in [3.8, 4) is 0 Å². The van der Waals surface area contributed by atoms with Crippen LogP contribution in [0.25, 0.3) is 0 Å². The van der Waals surface area contributed by atoms with Crippen LogP contribution in [0.5, 0.6) is 0 Å². The molecule has 2 N–H and O–H groups in total. The van der Waals surface area contributed by atoms with Gasteiger partial charge in [-0.15, -0.1) is 0 Å². The molecule has 1 unspecified atom stereocenters. The van der Waals surface area contributed by atoms with Gasteiger partial charge in [0.05, 0.1) is 11.0 Å². The lowest BCUT2D eigenvalue weighted by Crippen LogP contribution is -2.40. The molecule has 0 aliphatic carbocycles. The van der Waals surface area contributed by atoms with Gasteiger partial charge in [0.25, 0.3) is 0 Å². The molecule has 0 saturated heterocycles. The van der Waals surface area contributed by atoms with Crippen molar-refractivity contribution in [2.45, 2.75) is 25.9 Å². The fraction of sp³-hybridized carbons (Fsp3) is 0.500. The SMILES string of the molecule is CCC(C(N)=S)N(C)Cc1ccsc1. The number of hydrogen-bond acceptors (Lipinski definition) is 3. The van der Waals surface area contributed by atoms with Gasteiger partial charge in [-0.2, -0.15) is 11.3 Å². The third-order valence-electron chi connectivity index (χ3n) is 2.26. The standard InChI is InChI=1S/C10H16N2S2/c1-3-9(10(11)13)12(2)6-8-4-5-14-7-8/h4-5,7,9H,3,6H2,1-2H3,(H2,11,13). The number of rotatable bonds is 5. The van der Waals surface area contributed by atoms with Crippen LogP contribution in [0.1, 0.15) is 18.9 Å². The summed E-state index contributed by atoms with van der Waals surface area (Å²) >= 11 is 6.75. The van der Waals surface area contributed by atoms with Crippen molar-refractivity contribution >= 4 is 28.5 Å². The van der Waals surface area contributed by atoms with Crippen molar-refractivity contribution < 1.29 is 0 Å². The van der Waals surface area contributed by atoms with E-state index < -0.39 is 0 Å².